The quantitative estimate of drug-likeness (QED) is 0.0120. The normalized spacial score (nSPS) is 13.5. The number of benzene rings is 5. The van der Waals surface area contributed by atoms with Crippen LogP contribution < -0.4 is 76.9 Å². The van der Waals surface area contributed by atoms with E-state index in [2.05, 4.69) is 42.5 Å². The second-order valence-corrected chi connectivity index (χ2v) is 31.1. The molecule has 0 aliphatic heterocycles. The van der Waals surface area contributed by atoms with Gasteiger partial charge in [0.15, 0.2) is 17.9 Å². The van der Waals surface area contributed by atoms with Crippen LogP contribution in [0.3, 0.4) is 0 Å². The van der Waals surface area contributed by atoms with E-state index in [-0.39, 0.29) is 128 Å². The van der Waals surface area contributed by atoms with Gasteiger partial charge in [-0.2, -0.15) is 0 Å². The third-order valence-corrected chi connectivity index (χ3v) is 21.9. The van der Waals surface area contributed by atoms with Gasteiger partial charge in [0.25, 0.3) is 0 Å². The Balaban J connectivity index is 1.45. The second kappa shape index (κ2) is 55.8. The number of carbonyl (C=O) groups is 11. The molecule has 0 radical (unpaired) electrons. The van der Waals surface area contributed by atoms with E-state index >= 15 is 14.4 Å². The van der Waals surface area contributed by atoms with Crippen molar-refractivity contribution in [2.75, 3.05) is 65.4 Å². The molecule has 672 valence electrons. The van der Waals surface area contributed by atoms with Gasteiger partial charge in [-0.1, -0.05) is 152 Å². The molecule has 0 fully saturated rings. The van der Waals surface area contributed by atoms with Gasteiger partial charge in [-0.25, -0.2) is 0 Å². The Morgan fingerprint density at radius 3 is 0.675 bits per heavy atom. The van der Waals surface area contributed by atoms with Crippen molar-refractivity contribution in [3.05, 3.63) is 179 Å². The first-order valence-corrected chi connectivity index (χ1v) is 43.1. The van der Waals surface area contributed by atoms with Gasteiger partial charge in [-0.15, -0.1) is 0 Å². The molecule has 33 nitrogen and oxygen atoms in total. The van der Waals surface area contributed by atoms with E-state index < -0.39 is 125 Å². The molecule has 0 aliphatic rings. The van der Waals surface area contributed by atoms with Crippen molar-refractivity contribution in [3.63, 3.8) is 0 Å². The number of primary amides is 1. The standard InChI is InChI=1S/C90H136N22O11/c1-62(68-32-12-7-13-33-68)108(57-47-78(93)114)84(120)76(45-25-30-55-101-89(96)97)106-81(117)50-59-110(64(3)70-36-16-9-17-37-70)86(122)75(43-23-28-53-92)105-80(116)49-61-112(66(5)72-40-20-11-21-41-72)87(123)77(46-26-31-56-102-90(98)99)107-82(118)51-60-111(65(4)71-38-18-10-19-39-71)85(121)74(42-22-27-52-91)104-79(115)48-58-109(63(2)69-34-14-8-15-35-69)83(119)73(103-67(6)113)44-24-29-54-100-88(94)95/h7-21,32-41,62-66,73-77H,22-31,42-61,91-92H2,1-6H3,(H2,93,114)(H,103,113)(H,104,115)(H,105,116)(H,106,117)(H,107,118)(H4,94,95,100)(H4,96,97,101)(H4,98,99,102)/t62-,63-,64-,65-,66-,73-,74-,75-,76-,77-/m0/s1. The van der Waals surface area contributed by atoms with E-state index in [1.54, 1.807) is 11.8 Å². The van der Waals surface area contributed by atoms with E-state index in [1.807, 2.05) is 179 Å². The fraction of sp³-hybridized carbons (Fsp3) is 0.511. The average Bonchev–Trinajstić information content (AvgIpc) is 0.837. The lowest BCUT2D eigenvalue weighted by Crippen LogP contribution is -2.53. The number of guanidine groups is 3. The summed E-state index contributed by atoms with van der Waals surface area (Å²) in [6.45, 7) is 11.3. The summed E-state index contributed by atoms with van der Waals surface area (Å²) in [5.41, 5.74) is 38.1. The average molecular weight is 1700 g/mol. The third kappa shape index (κ3) is 36.7. The summed E-state index contributed by atoms with van der Waals surface area (Å²) in [5, 5.41) is 46.0. The van der Waals surface area contributed by atoms with Crippen molar-refractivity contribution in [1.29, 1.82) is 16.2 Å². The molecule has 5 rings (SSSR count). The molecule has 0 heterocycles. The van der Waals surface area contributed by atoms with Gasteiger partial charge in [0, 0.05) is 91.4 Å². The number of nitrogens with two attached hydrogens (primary N) is 6. The molecule has 5 aromatic rings. The van der Waals surface area contributed by atoms with Crippen LogP contribution in [0.25, 0.3) is 0 Å². The van der Waals surface area contributed by atoms with E-state index in [4.69, 9.17) is 50.6 Å². The predicted octanol–water partition coefficient (Wildman–Crippen LogP) is 6.03. The number of hydrogen-bond acceptors (Lipinski definition) is 16. The van der Waals surface area contributed by atoms with Crippen LogP contribution in [0, 0.1) is 16.2 Å². The lowest BCUT2D eigenvalue weighted by atomic mass is 10.0. The van der Waals surface area contributed by atoms with Gasteiger partial charge in [-0.3, -0.25) is 69.0 Å². The molecule has 33 heteroatoms. The summed E-state index contributed by atoms with van der Waals surface area (Å²) in [6.07, 6.45) is 4.05. The highest BCUT2D eigenvalue weighted by Gasteiger charge is 2.38. The maximum Gasteiger partial charge on any atom is 0.245 e. The highest BCUT2D eigenvalue weighted by atomic mass is 16.2. The molecule has 11 amide bonds. The smallest absolute Gasteiger partial charge is 0.245 e. The Labute approximate surface area is 725 Å². The van der Waals surface area contributed by atoms with Crippen LogP contribution in [0.5, 0.6) is 0 Å². The lowest BCUT2D eigenvalue weighted by Gasteiger charge is -2.35. The Kier molecular flexibility index (Phi) is 46.1. The Bertz CT molecular complexity index is 4120. The van der Waals surface area contributed by atoms with E-state index in [9.17, 15) is 38.4 Å². The number of rotatable bonds is 58. The van der Waals surface area contributed by atoms with Crippen LogP contribution in [0.2, 0.25) is 0 Å². The lowest BCUT2D eigenvalue weighted by molar-refractivity contribution is -0.142. The minimum absolute atomic E-state index is 0.0331. The molecular weight excluding hydrogens is 1570 g/mol. The summed E-state index contributed by atoms with van der Waals surface area (Å²) in [7, 11) is 0. The SMILES string of the molecule is CC(=O)N[C@@H](CCCCNC(=N)N)C(=O)N(CCC(=O)N[C@@H](CCCCN)C(=O)N(CCC(=O)N[C@@H](CCCCNC(=N)N)C(=O)N(CCC(=O)N[C@@H](CCCCN)C(=O)N(CCC(=O)N[C@@H](CCCCNC(=N)N)C(=O)N(CCC(N)=O)[C@@H](C)c1ccccc1)[C@@H](C)c1ccccc1)[C@@H](C)c1ccccc1)[C@@H](C)c1ccccc1)[C@@H](C)c1ccccc1. The van der Waals surface area contributed by atoms with Crippen LogP contribution in [0.4, 0.5) is 0 Å². The summed E-state index contributed by atoms with van der Waals surface area (Å²) >= 11 is 0. The molecule has 0 saturated heterocycles. The van der Waals surface area contributed by atoms with Crippen LogP contribution in [0.15, 0.2) is 152 Å². The van der Waals surface area contributed by atoms with Crippen LogP contribution in [-0.4, -0.2) is 203 Å². The molecule has 0 spiro atoms. The molecule has 0 unspecified atom stereocenters. The molecule has 0 aliphatic carbocycles. The molecule has 5 aromatic carbocycles. The van der Waals surface area contributed by atoms with Crippen molar-refractivity contribution < 1.29 is 52.7 Å². The number of nitrogens with one attached hydrogen (secondary N) is 11. The van der Waals surface area contributed by atoms with Crippen molar-refractivity contribution >= 4 is 82.9 Å². The number of amides is 11. The fourth-order valence-electron chi connectivity index (χ4n) is 14.8. The minimum Gasteiger partial charge on any atom is -0.370 e. The molecule has 0 saturated carbocycles. The third-order valence-electron chi connectivity index (χ3n) is 21.9. The van der Waals surface area contributed by atoms with Gasteiger partial charge in [-0.05, 0) is 172 Å². The zero-order chi connectivity index (χ0) is 90.2. The molecule has 123 heavy (non-hydrogen) atoms. The van der Waals surface area contributed by atoms with E-state index in [0.717, 1.165) is 22.3 Å². The van der Waals surface area contributed by atoms with Gasteiger partial charge in [0.1, 0.15) is 30.2 Å². The first-order chi connectivity index (χ1) is 59.0. The van der Waals surface area contributed by atoms with Gasteiger partial charge < -0.3 is 101 Å². The number of nitrogens with zero attached hydrogens (tertiary/aromatic N) is 5. The number of hydrogen-bond donors (Lipinski definition) is 17. The van der Waals surface area contributed by atoms with Gasteiger partial charge in [0.2, 0.25) is 65.0 Å². The van der Waals surface area contributed by atoms with Crippen molar-refractivity contribution in [3.8, 4) is 0 Å². The van der Waals surface area contributed by atoms with Crippen LogP contribution >= 0.6 is 0 Å². The van der Waals surface area contributed by atoms with Crippen molar-refractivity contribution in [1.82, 2.24) is 67.0 Å². The largest absolute Gasteiger partial charge is 0.370 e. The maximum atomic E-state index is 15.7. The summed E-state index contributed by atoms with van der Waals surface area (Å²) in [6, 6.07) is 37.2. The number of unbranched alkanes of at least 4 members (excludes halogenated alkanes) is 5. The van der Waals surface area contributed by atoms with Crippen LogP contribution in [-0.2, 0) is 52.7 Å². The minimum atomic E-state index is -1.22. The highest BCUT2D eigenvalue weighted by Crippen LogP contribution is 2.29. The molecule has 0 aromatic heterocycles. The molecule has 0 bridgehead atoms. The zero-order valence-electron chi connectivity index (χ0n) is 72.6. The molecule has 10 atom stereocenters. The first kappa shape index (κ1) is 102. The highest BCUT2D eigenvalue weighted by molar-refractivity contribution is 5.93. The monoisotopic (exact) mass is 1700 g/mol. The topological polar surface area (TPSA) is 528 Å². The fourth-order valence-corrected chi connectivity index (χ4v) is 14.8. The summed E-state index contributed by atoms with van der Waals surface area (Å²) < 4.78 is 0. The van der Waals surface area contributed by atoms with Gasteiger partial charge in [0.05, 0.1) is 30.2 Å². The Morgan fingerprint density at radius 1 is 0.293 bits per heavy atom. The van der Waals surface area contributed by atoms with Gasteiger partial charge >= 0.3 is 0 Å². The van der Waals surface area contributed by atoms with E-state index in [1.165, 1.54) is 26.5 Å². The summed E-state index contributed by atoms with van der Waals surface area (Å²) in [4.78, 5) is 168. The second-order valence-electron chi connectivity index (χ2n) is 31.1. The molecular formula is C90H136N22O11. The maximum absolute atomic E-state index is 15.7. The van der Waals surface area contributed by atoms with Crippen molar-refractivity contribution in [2.45, 2.75) is 230 Å². The number of carbonyl (C=O) groups excluding carboxylic acids is 11. The molecule has 23 N–H and O–H groups in total. The Morgan fingerprint density at radius 2 is 0.488 bits per heavy atom. The van der Waals surface area contributed by atoms with Crippen LogP contribution in [0.1, 0.15) is 228 Å². The van der Waals surface area contributed by atoms with E-state index in [0.29, 0.717) is 89.4 Å². The Hall–Kier alpha value is -12.0. The predicted molar refractivity (Wildman–Crippen MR) is 478 cm³/mol. The summed E-state index contributed by atoms with van der Waals surface area (Å²) in [5.74, 6) is -6.43. The first-order valence-electron chi connectivity index (χ1n) is 43.1. The van der Waals surface area contributed by atoms with Crippen molar-refractivity contribution in [2.24, 2.45) is 34.4 Å². The zero-order valence-corrected chi connectivity index (χ0v) is 72.6.